The molecule has 6 heteroatoms. The van der Waals surface area contributed by atoms with Gasteiger partial charge in [0, 0.05) is 25.4 Å². The summed E-state index contributed by atoms with van der Waals surface area (Å²) >= 11 is 1.52. The molecule has 1 heterocycles. The fourth-order valence-corrected chi connectivity index (χ4v) is 3.13. The van der Waals surface area contributed by atoms with Gasteiger partial charge in [-0.05, 0) is 17.7 Å². The highest BCUT2D eigenvalue weighted by molar-refractivity contribution is 8.00. The Morgan fingerprint density at radius 2 is 2.26 bits per heavy atom. The van der Waals surface area contributed by atoms with Crippen LogP contribution in [-0.4, -0.2) is 55.2 Å². The molecule has 1 amide bonds. The molecular formula is C17H23FN2O2S. The maximum Gasteiger partial charge on any atom is 0.230 e. The quantitative estimate of drug-likeness (QED) is 0.583. The zero-order chi connectivity index (χ0) is 16.5. The number of nitrogens with zero attached hydrogens (tertiary/aromatic N) is 1. The number of carbonyl (C=O) groups is 1. The molecule has 0 bridgehead atoms. The van der Waals surface area contributed by atoms with Crippen LogP contribution in [0.5, 0.6) is 0 Å². The molecule has 126 valence electrons. The molecular weight excluding hydrogens is 315 g/mol. The van der Waals surface area contributed by atoms with Crippen LogP contribution < -0.4 is 5.32 Å². The zero-order valence-corrected chi connectivity index (χ0v) is 14.0. The van der Waals surface area contributed by atoms with Gasteiger partial charge < -0.3 is 10.1 Å². The summed E-state index contributed by atoms with van der Waals surface area (Å²) in [6.45, 7) is 6.99. The van der Waals surface area contributed by atoms with Gasteiger partial charge in [-0.1, -0.05) is 18.2 Å². The Kier molecular flexibility index (Phi) is 7.58. The van der Waals surface area contributed by atoms with Crippen molar-refractivity contribution in [2.24, 2.45) is 0 Å². The largest absolute Gasteiger partial charge is 0.379 e. The molecule has 4 nitrogen and oxygen atoms in total. The van der Waals surface area contributed by atoms with Crippen molar-refractivity contribution in [3.05, 3.63) is 48.3 Å². The molecule has 1 aromatic rings. The summed E-state index contributed by atoms with van der Waals surface area (Å²) in [7, 11) is 0. The predicted octanol–water partition coefficient (Wildman–Crippen LogP) is 2.23. The summed E-state index contributed by atoms with van der Waals surface area (Å²) in [5.74, 6) is 0.898. The van der Waals surface area contributed by atoms with Gasteiger partial charge in [-0.15, -0.1) is 18.3 Å². The smallest absolute Gasteiger partial charge is 0.230 e. The first-order valence-electron chi connectivity index (χ1n) is 7.73. The predicted molar refractivity (Wildman–Crippen MR) is 92.1 cm³/mol. The first-order valence-corrected chi connectivity index (χ1v) is 8.89. The maximum atomic E-state index is 13.6. The monoisotopic (exact) mass is 338 g/mol. The lowest BCUT2D eigenvalue weighted by Gasteiger charge is -2.35. The van der Waals surface area contributed by atoms with Crippen LogP contribution >= 0.6 is 11.8 Å². The lowest BCUT2D eigenvalue weighted by molar-refractivity contribution is -0.118. The Labute approximate surface area is 141 Å². The van der Waals surface area contributed by atoms with Crippen LogP contribution in [0.3, 0.4) is 0 Å². The van der Waals surface area contributed by atoms with Gasteiger partial charge in [0.1, 0.15) is 5.82 Å². The Balaban J connectivity index is 1.98. The van der Waals surface area contributed by atoms with Gasteiger partial charge in [-0.3, -0.25) is 9.69 Å². The molecule has 1 unspecified atom stereocenters. The Bertz CT molecular complexity index is 521. The van der Waals surface area contributed by atoms with Crippen LogP contribution in [0.2, 0.25) is 0 Å². The SMILES string of the molecule is C=CCSCC(=O)NCC(c1cccc(F)c1)N1CCOCC1. The lowest BCUT2D eigenvalue weighted by atomic mass is 10.0. The zero-order valence-electron chi connectivity index (χ0n) is 13.2. The highest BCUT2D eigenvalue weighted by atomic mass is 32.2. The fraction of sp³-hybridized carbons (Fsp3) is 0.471. The van der Waals surface area contributed by atoms with E-state index < -0.39 is 0 Å². The molecule has 0 radical (unpaired) electrons. The molecule has 1 fully saturated rings. The second kappa shape index (κ2) is 9.70. The maximum absolute atomic E-state index is 13.6. The van der Waals surface area contributed by atoms with Gasteiger partial charge in [-0.2, -0.15) is 0 Å². The molecule has 1 saturated heterocycles. The number of halogens is 1. The topological polar surface area (TPSA) is 41.6 Å². The molecule has 0 spiro atoms. The third-order valence-electron chi connectivity index (χ3n) is 3.68. The molecule has 1 aromatic carbocycles. The summed E-state index contributed by atoms with van der Waals surface area (Å²) < 4.78 is 18.9. The first-order chi connectivity index (χ1) is 11.2. The second-order valence-electron chi connectivity index (χ2n) is 5.33. The van der Waals surface area contributed by atoms with Crippen molar-refractivity contribution >= 4 is 17.7 Å². The molecule has 1 aliphatic rings. The minimum atomic E-state index is -0.256. The number of hydrogen-bond donors (Lipinski definition) is 1. The lowest BCUT2D eigenvalue weighted by Crippen LogP contribution is -2.44. The molecule has 0 aliphatic carbocycles. The molecule has 2 rings (SSSR count). The van der Waals surface area contributed by atoms with E-state index in [0.29, 0.717) is 25.5 Å². The van der Waals surface area contributed by atoms with Crippen LogP contribution in [0, 0.1) is 5.82 Å². The van der Waals surface area contributed by atoms with E-state index in [-0.39, 0.29) is 17.8 Å². The fourth-order valence-electron chi connectivity index (χ4n) is 2.56. The molecule has 23 heavy (non-hydrogen) atoms. The van der Waals surface area contributed by atoms with E-state index in [4.69, 9.17) is 4.74 Å². The van der Waals surface area contributed by atoms with Crippen LogP contribution in [0.15, 0.2) is 36.9 Å². The van der Waals surface area contributed by atoms with Crippen LogP contribution in [-0.2, 0) is 9.53 Å². The van der Waals surface area contributed by atoms with Crippen LogP contribution in [0.25, 0.3) is 0 Å². The Morgan fingerprint density at radius 1 is 1.48 bits per heavy atom. The van der Waals surface area contributed by atoms with Crippen molar-refractivity contribution in [3.63, 3.8) is 0 Å². The second-order valence-corrected chi connectivity index (χ2v) is 6.36. The number of morpholine rings is 1. The molecule has 1 atom stereocenters. The van der Waals surface area contributed by atoms with E-state index in [9.17, 15) is 9.18 Å². The molecule has 0 aromatic heterocycles. The third kappa shape index (κ3) is 5.97. The summed E-state index contributed by atoms with van der Waals surface area (Å²) in [5, 5.41) is 2.96. The van der Waals surface area contributed by atoms with Crippen molar-refractivity contribution in [1.82, 2.24) is 10.2 Å². The third-order valence-corrected chi connectivity index (χ3v) is 4.62. The number of carbonyl (C=O) groups excluding carboxylic acids is 1. The van der Waals surface area contributed by atoms with Crippen molar-refractivity contribution in [2.45, 2.75) is 6.04 Å². The van der Waals surface area contributed by atoms with E-state index in [2.05, 4.69) is 16.8 Å². The summed E-state index contributed by atoms with van der Waals surface area (Å²) in [5.41, 5.74) is 0.881. The van der Waals surface area contributed by atoms with Gasteiger partial charge in [0.2, 0.25) is 5.91 Å². The highest BCUT2D eigenvalue weighted by Gasteiger charge is 2.23. The van der Waals surface area contributed by atoms with Crippen molar-refractivity contribution in [1.29, 1.82) is 0 Å². The summed E-state index contributed by atoms with van der Waals surface area (Å²) in [4.78, 5) is 14.2. The van der Waals surface area contributed by atoms with Gasteiger partial charge >= 0.3 is 0 Å². The normalized spacial score (nSPS) is 16.7. The van der Waals surface area contributed by atoms with Gasteiger partial charge in [0.05, 0.1) is 25.0 Å². The standard InChI is InChI=1S/C17H23FN2O2S/c1-2-10-23-13-17(21)19-12-16(20-6-8-22-9-7-20)14-4-3-5-15(18)11-14/h2-5,11,16H,1,6-10,12-13H2,(H,19,21). The van der Waals surface area contributed by atoms with E-state index >= 15 is 0 Å². The molecule has 0 saturated carbocycles. The summed E-state index contributed by atoms with van der Waals surface area (Å²) in [6, 6.07) is 6.55. The van der Waals surface area contributed by atoms with Gasteiger partial charge in [-0.25, -0.2) is 4.39 Å². The van der Waals surface area contributed by atoms with E-state index in [0.717, 1.165) is 24.4 Å². The Morgan fingerprint density at radius 3 is 2.96 bits per heavy atom. The highest BCUT2D eigenvalue weighted by Crippen LogP contribution is 2.22. The van der Waals surface area contributed by atoms with Crippen LogP contribution in [0.4, 0.5) is 4.39 Å². The number of benzene rings is 1. The van der Waals surface area contributed by atoms with Crippen molar-refractivity contribution in [2.75, 3.05) is 44.4 Å². The van der Waals surface area contributed by atoms with E-state index in [1.54, 1.807) is 18.2 Å². The number of nitrogens with one attached hydrogen (secondary N) is 1. The number of ether oxygens (including phenoxy) is 1. The number of thioether (sulfide) groups is 1. The number of hydrogen-bond acceptors (Lipinski definition) is 4. The van der Waals surface area contributed by atoms with Crippen molar-refractivity contribution in [3.8, 4) is 0 Å². The average molecular weight is 338 g/mol. The molecule has 1 aliphatic heterocycles. The number of amides is 1. The minimum Gasteiger partial charge on any atom is -0.379 e. The molecule has 1 N–H and O–H groups in total. The minimum absolute atomic E-state index is 0.00786. The first kappa shape index (κ1) is 18.0. The van der Waals surface area contributed by atoms with Crippen LogP contribution in [0.1, 0.15) is 11.6 Å². The average Bonchev–Trinajstić information content (AvgIpc) is 2.56. The summed E-state index contributed by atoms with van der Waals surface area (Å²) in [6.07, 6.45) is 1.78. The van der Waals surface area contributed by atoms with E-state index in [1.165, 1.54) is 17.8 Å². The van der Waals surface area contributed by atoms with E-state index in [1.807, 2.05) is 6.07 Å². The van der Waals surface area contributed by atoms with Crippen molar-refractivity contribution < 1.29 is 13.9 Å². The number of rotatable bonds is 8. The van der Waals surface area contributed by atoms with Gasteiger partial charge in [0.15, 0.2) is 0 Å². The Hall–Kier alpha value is -1.37. The van der Waals surface area contributed by atoms with Gasteiger partial charge in [0.25, 0.3) is 0 Å².